The number of carbonyl (C=O) groups is 2. The van der Waals surface area contributed by atoms with Crippen LogP contribution in [0.1, 0.15) is 42.1 Å². The quantitative estimate of drug-likeness (QED) is 0.770. The van der Waals surface area contributed by atoms with Crippen molar-refractivity contribution in [2.45, 2.75) is 38.8 Å². The Morgan fingerprint density at radius 1 is 1.33 bits per heavy atom. The Hall–Kier alpha value is -1.88. The van der Waals surface area contributed by atoms with E-state index in [1.165, 1.54) is 0 Å². The van der Waals surface area contributed by atoms with Gasteiger partial charge >= 0.3 is 5.97 Å². The molecule has 0 fully saturated rings. The van der Waals surface area contributed by atoms with E-state index >= 15 is 0 Å². The third-order valence-electron chi connectivity index (χ3n) is 3.14. The number of carboxylic acid groups (broad SMARTS) is 1. The number of carboxylic acids is 1. The van der Waals surface area contributed by atoms with Crippen molar-refractivity contribution in [2.24, 2.45) is 0 Å². The Bertz CT molecular complexity index is 486. The van der Waals surface area contributed by atoms with Gasteiger partial charge in [-0.3, -0.25) is 4.79 Å². The molecule has 1 aromatic rings. The van der Waals surface area contributed by atoms with Gasteiger partial charge in [-0.25, -0.2) is 4.79 Å². The minimum Gasteiger partial charge on any atom is -0.480 e. The number of aliphatic carboxylic acids is 1. The average Bonchev–Trinajstić information content (AvgIpc) is 2.42. The van der Waals surface area contributed by atoms with Crippen LogP contribution < -0.4 is 5.32 Å². The number of nitrogens with one attached hydrogen (secondary N) is 1. The summed E-state index contributed by atoms with van der Waals surface area (Å²) in [6.45, 7) is 2.73. The van der Waals surface area contributed by atoms with Crippen LogP contribution in [0.3, 0.4) is 0 Å². The van der Waals surface area contributed by atoms with Crippen LogP contribution in [0.5, 0.6) is 0 Å². The fourth-order valence-corrected chi connectivity index (χ4v) is 2.08. The summed E-state index contributed by atoms with van der Waals surface area (Å²) in [6.07, 6.45) is 2.13. The van der Waals surface area contributed by atoms with Crippen LogP contribution in [-0.4, -0.2) is 42.0 Å². The first-order valence-electron chi connectivity index (χ1n) is 7.21. The number of hydrogen-bond donors (Lipinski definition) is 2. The highest BCUT2D eigenvalue weighted by molar-refractivity contribution is 5.96. The summed E-state index contributed by atoms with van der Waals surface area (Å²) < 4.78 is 0. The third kappa shape index (κ3) is 5.95. The Morgan fingerprint density at radius 2 is 2.05 bits per heavy atom. The lowest BCUT2D eigenvalue weighted by Gasteiger charge is -2.15. The summed E-state index contributed by atoms with van der Waals surface area (Å²) >= 11 is 0. The fourth-order valence-electron chi connectivity index (χ4n) is 2.08. The number of unbranched alkanes of at least 4 members (excludes halogenated alkanes) is 1. The van der Waals surface area contributed by atoms with E-state index in [1.54, 1.807) is 12.1 Å². The van der Waals surface area contributed by atoms with E-state index in [9.17, 15) is 9.59 Å². The lowest BCUT2D eigenvalue weighted by molar-refractivity contribution is -0.139. The van der Waals surface area contributed by atoms with E-state index < -0.39 is 12.0 Å². The Balaban J connectivity index is 2.75. The van der Waals surface area contributed by atoms with E-state index in [0.29, 0.717) is 12.0 Å². The maximum Gasteiger partial charge on any atom is 0.326 e. The van der Waals surface area contributed by atoms with Crippen LogP contribution in [0.25, 0.3) is 0 Å². The number of hydrogen-bond acceptors (Lipinski definition) is 3. The molecular weight excluding hydrogens is 268 g/mol. The zero-order chi connectivity index (χ0) is 15.8. The van der Waals surface area contributed by atoms with Crippen molar-refractivity contribution in [3.05, 3.63) is 35.4 Å². The Labute approximate surface area is 126 Å². The van der Waals surface area contributed by atoms with Gasteiger partial charge in [0, 0.05) is 12.1 Å². The molecule has 0 radical (unpaired) electrons. The van der Waals surface area contributed by atoms with Gasteiger partial charge in [0.1, 0.15) is 6.04 Å². The Morgan fingerprint density at radius 3 is 2.62 bits per heavy atom. The zero-order valence-corrected chi connectivity index (χ0v) is 12.9. The van der Waals surface area contributed by atoms with Gasteiger partial charge in [-0.15, -0.1) is 0 Å². The van der Waals surface area contributed by atoms with Gasteiger partial charge in [0.15, 0.2) is 0 Å². The molecule has 0 aromatic heterocycles. The maximum absolute atomic E-state index is 12.2. The molecule has 0 heterocycles. The second-order valence-corrected chi connectivity index (χ2v) is 5.44. The lowest BCUT2D eigenvalue weighted by atomic mass is 10.1. The van der Waals surface area contributed by atoms with E-state index in [-0.39, 0.29) is 5.91 Å². The first-order valence-corrected chi connectivity index (χ1v) is 7.21. The molecule has 0 aliphatic heterocycles. The molecule has 2 N–H and O–H groups in total. The van der Waals surface area contributed by atoms with Gasteiger partial charge in [0.25, 0.3) is 5.91 Å². The Kier molecular flexibility index (Phi) is 6.88. The van der Waals surface area contributed by atoms with Crippen LogP contribution in [0, 0.1) is 0 Å². The van der Waals surface area contributed by atoms with Crippen molar-refractivity contribution in [1.82, 2.24) is 10.2 Å². The number of carbonyl (C=O) groups excluding carboxylic acids is 1. The van der Waals surface area contributed by atoms with E-state index in [2.05, 4.69) is 5.32 Å². The molecule has 0 bridgehead atoms. The van der Waals surface area contributed by atoms with Gasteiger partial charge < -0.3 is 15.3 Å². The molecule has 1 atom stereocenters. The van der Waals surface area contributed by atoms with Crippen LogP contribution in [0.15, 0.2) is 24.3 Å². The predicted octanol–water partition coefficient (Wildman–Crippen LogP) is 2.12. The fraction of sp³-hybridized carbons (Fsp3) is 0.500. The second-order valence-electron chi connectivity index (χ2n) is 5.44. The highest BCUT2D eigenvalue weighted by Crippen LogP contribution is 2.09. The first kappa shape index (κ1) is 17.2. The average molecular weight is 292 g/mol. The molecule has 5 heteroatoms. The SMILES string of the molecule is CCCC[C@H](NC(=O)c1cccc(CN(C)C)c1)C(=O)O. The monoisotopic (exact) mass is 292 g/mol. The van der Waals surface area contributed by atoms with E-state index in [0.717, 1.165) is 24.9 Å². The van der Waals surface area contributed by atoms with Gasteiger partial charge in [-0.2, -0.15) is 0 Å². The van der Waals surface area contributed by atoms with Gasteiger partial charge in [0.2, 0.25) is 0 Å². The number of rotatable bonds is 8. The molecule has 1 rings (SSSR count). The molecule has 0 aliphatic carbocycles. The summed E-state index contributed by atoms with van der Waals surface area (Å²) in [4.78, 5) is 25.3. The van der Waals surface area contributed by atoms with Crippen molar-refractivity contribution in [3.8, 4) is 0 Å². The molecule has 1 amide bonds. The van der Waals surface area contributed by atoms with Gasteiger partial charge in [-0.05, 0) is 38.2 Å². The van der Waals surface area contributed by atoms with Crippen molar-refractivity contribution in [3.63, 3.8) is 0 Å². The summed E-state index contributed by atoms with van der Waals surface area (Å²) in [5, 5.41) is 11.7. The molecule has 0 aliphatic rings. The number of amides is 1. The maximum atomic E-state index is 12.2. The molecule has 5 nitrogen and oxygen atoms in total. The van der Waals surface area contributed by atoms with E-state index in [1.807, 2.05) is 38.1 Å². The summed E-state index contributed by atoms with van der Waals surface area (Å²) in [5.41, 5.74) is 1.52. The van der Waals surface area contributed by atoms with Crippen molar-refractivity contribution in [2.75, 3.05) is 14.1 Å². The van der Waals surface area contributed by atoms with Gasteiger partial charge in [0.05, 0.1) is 0 Å². The zero-order valence-electron chi connectivity index (χ0n) is 12.9. The van der Waals surface area contributed by atoms with Gasteiger partial charge in [-0.1, -0.05) is 31.9 Å². The highest BCUT2D eigenvalue weighted by Gasteiger charge is 2.20. The molecule has 0 spiro atoms. The molecule has 0 saturated heterocycles. The predicted molar refractivity (Wildman–Crippen MR) is 82.2 cm³/mol. The summed E-state index contributed by atoms with van der Waals surface area (Å²) in [7, 11) is 3.91. The van der Waals surface area contributed by atoms with Crippen molar-refractivity contribution in [1.29, 1.82) is 0 Å². The smallest absolute Gasteiger partial charge is 0.326 e. The number of nitrogens with zero attached hydrogens (tertiary/aromatic N) is 1. The van der Waals surface area contributed by atoms with Crippen LogP contribution >= 0.6 is 0 Å². The van der Waals surface area contributed by atoms with Crippen LogP contribution in [-0.2, 0) is 11.3 Å². The van der Waals surface area contributed by atoms with Crippen LogP contribution in [0.4, 0.5) is 0 Å². The lowest BCUT2D eigenvalue weighted by Crippen LogP contribution is -2.40. The molecular formula is C16H24N2O3. The van der Waals surface area contributed by atoms with Crippen LogP contribution in [0.2, 0.25) is 0 Å². The standard InChI is InChI=1S/C16H24N2O3/c1-4-5-9-14(16(20)21)17-15(19)13-8-6-7-12(10-13)11-18(2)3/h6-8,10,14H,4-5,9,11H2,1-3H3,(H,17,19)(H,20,21)/t14-/m0/s1. The molecule has 21 heavy (non-hydrogen) atoms. The second kappa shape index (κ2) is 8.42. The largest absolute Gasteiger partial charge is 0.480 e. The van der Waals surface area contributed by atoms with E-state index in [4.69, 9.17) is 5.11 Å². The summed E-state index contributed by atoms with van der Waals surface area (Å²) in [5.74, 6) is -1.32. The number of benzene rings is 1. The molecule has 0 saturated carbocycles. The topological polar surface area (TPSA) is 69.6 Å². The molecule has 1 aromatic carbocycles. The van der Waals surface area contributed by atoms with Crippen molar-refractivity contribution < 1.29 is 14.7 Å². The summed E-state index contributed by atoms with van der Waals surface area (Å²) in [6, 6.07) is 6.44. The first-order chi connectivity index (χ1) is 9.93. The van der Waals surface area contributed by atoms with Crippen molar-refractivity contribution >= 4 is 11.9 Å². The molecule has 0 unspecified atom stereocenters. The normalized spacial score (nSPS) is 12.2. The molecule has 116 valence electrons. The highest BCUT2D eigenvalue weighted by atomic mass is 16.4. The minimum absolute atomic E-state index is 0.334. The third-order valence-corrected chi connectivity index (χ3v) is 3.14. The minimum atomic E-state index is -0.985.